The maximum absolute atomic E-state index is 6.33. The lowest BCUT2D eigenvalue weighted by molar-refractivity contribution is 0.317. The molecular weight excluding hydrogens is 953 g/mol. The zero-order chi connectivity index (χ0) is 55.7. The Hall–Kier alpha value is -5.36. The van der Waals surface area contributed by atoms with Gasteiger partial charge in [-0.3, -0.25) is 0 Å². The number of rotatable bonds is 32. The van der Waals surface area contributed by atoms with Crippen molar-refractivity contribution >= 4 is 0 Å². The van der Waals surface area contributed by atoms with E-state index in [1.54, 1.807) is 0 Å². The number of aromatic nitrogens is 4. The van der Waals surface area contributed by atoms with E-state index in [1.807, 2.05) is 0 Å². The van der Waals surface area contributed by atoms with E-state index >= 15 is 0 Å². The second kappa shape index (κ2) is 28.7. The first kappa shape index (κ1) is 60.3. The number of unbranched alkanes of at least 4 members (excludes halogenated alkanes) is 12. The molecule has 420 valence electrons. The Morgan fingerprint density at radius 1 is 0.385 bits per heavy atom. The van der Waals surface area contributed by atoms with Gasteiger partial charge < -0.3 is 9.47 Å². The second-order valence-corrected chi connectivity index (χ2v) is 24.4. The van der Waals surface area contributed by atoms with Crippen LogP contribution in [0.5, 0.6) is 11.5 Å². The summed E-state index contributed by atoms with van der Waals surface area (Å²) < 4.78 is 12.7. The lowest BCUT2D eigenvalue weighted by atomic mass is 9.67. The summed E-state index contributed by atoms with van der Waals surface area (Å²) in [6.07, 6.45) is 25.6. The highest BCUT2D eigenvalue weighted by molar-refractivity contribution is 5.91. The van der Waals surface area contributed by atoms with Crippen LogP contribution in [-0.4, -0.2) is 33.1 Å². The predicted molar refractivity (Wildman–Crippen MR) is 331 cm³/mol. The van der Waals surface area contributed by atoms with Crippen LogP contribution in [-0.2, 0) is 41.9 Å². The van der Waals surface area contributed by atoms with E-state index in [1.165, 1.54) is 155 Å². The molecule has 0 unspecified atom stereocenters. The zero-order valence-electron chi connectivity index (χ0n) is 50.9. The molecule has 6 nitrogen and oxygen atoms in total. The van der Waals surface area contributed by atoms with E-state index in [0.717, 1.165) is 93.8 Å². The molecule has 0 fully saturated rings. The summed E-state index contributed by atoms with van der Waals surface area (Å²) >= 11 is 0. The Morgan fingerprint density at radius 3 is 1.04 bits per heavy atom. The van der Waals surface area contributed by atoms with Crippen molar-refractivity contribution in [3.8, 4) is 44.9 Å². The standard InChI is InChI=1S/C72H100N4O2/c1-13-20-24-28-32-62-66(63(33-29-25-21-14-2)74-68(73-62)70(8,9)10)52-36-46-58-59-47-37-53(67-64(34-30-26-22-15-3)75-69(71(11,12)19-7)76-65(67)35-31-27-23-16-4)51-61(59)72(60(58)50-52,54-38-42-56(43-39-54)77-48-17-5)55-40-44-57(45-41-55)78-49-18-6/h36-47,50-51H,13-35,48-49H2,1-12H3. The molecule has 7 rings (SSSR count). The first-order valence-corrected chi connectivity index (χ1v) is 31.4. The van der Waals surface area contributed by atoms with Crippen LogP contribution >= 0.6 is 0 Å². The number of hydrogen-bond donors (Lipinski definition) is 0. The first-order valence-electron chi connectivity index (χ1n) is 31.4. The quantitative estimate of drug-likeness (QED) is 0.0392. The highest BCUT2D eigenvalue weighted by Crippen LogP contribution is 2.58. The van der Waals surface area contributed by atoms with E-state index in [9.17, 15) is 0 Å². The molecule has 0 spiro atoms. The van der Waals surface area contributed by atoms with E-state index < -0.39 is 5.41 Å². The molecule has 0 atom stereocenters. The van der Waals surface area contributed by atoms with Crippen LogP contribution in [0.2, 0.25) is 0 Å². The summed E-state index contributed by atoms with van der Waals surface area (Å²) in [5.74, 6) is 3.73. The third-order valence-corrected chi connectivity index (χ3v) is 16.6. The Labute approximate surface area is 473 Å². The first-order chi connectivity index (χ1) is 37.8. The topological polar surface area (TPSA) is 70.0 Å². The Bertz CT molecular complexity index is 2700. The highest BCUT2D eigenvalue weighted by atomic mass is 16.5. The van der Waals surface area contributed by atoms with Crippen molar-refractivity contribution in [2.75, 3.05) is 13.2 Å². The molecule has 4 aromatic carbocycles. The molecule has 78 heavy (non-hydrogen) atoms. The molecule has 0 N–H and O–H groups in total. The van der Waals surface area contributed by atoms with Gasteiger partial charge in [0.2, 0.25) is 0 Å². The van der Waals surface area contributed by atoms with Gasteiger partial charge in [-0.2, -0.15) is 0 Å². The number of fused-ring (bicyclic) bond motifs is 3. The number of hydrogen-bond acceptors (Lipinski definition) is 6. The van der Waals surface area contributed by atoms with E-state index in [2.05, 4.69) is 168 Å². The lowest BCUT2D eigenvalue weighted by Gasteiger charge is -2.35. The van der Waals surface area contributed by atoms with Gasteiger partial charge in [0.05, 0.1) is 41.4 Å². The SMILES string of the molecule is CCCCCCc1nc(C(C)(C)C)nc(CCCCCC)c1-c1ccc2c(c1)C(c1ccc(OCCC)cc1)(c1ccc(OCCC)cc1)c1cc(-c3c(CCCCCC)nc(C(C)(C)CC)nc3CCCCCC)ccc1-2. The van der Waals surface area contributed by atoms with Crippen LogP contribution in [0.3, 0.4) is 0 Å². The maximum Gasteiger partial charge on any atom is 0.134 e. The summed E-state index contributed by atoms with van der Waals surface area (Å²) in [5.41, 5.74) is 16.2. The van der Waals surface area contributed by atoms with Crippen molar-refractivity contribution < 1.29 is 9.47 Å². The molecule has 0 saturated heterocycles. The number of aryl methyl sites for hydroxylation is 4. The Morgan fingerprint density at radius 2 is 0.731 bits per heavy atom. The van der Waals surface area contributed by atoms with Crippen molar-refractivity contribution in [1.82, 2.24) is 19.9 Å². The van der Waals surface area contributed by atoms with Crippen molar-refractivity contribution in [3.63, 3.8) is 0 Å². The highest BCUT2D eigenvalue weighted by Gasteiger charge is 2.47. The summed E-state index contributed by atoms with van der Waals surface area (Å²) in [6, 6.07) is 33.0. The normalized spacial score (nSPS) is 13.0. The van der Waals surface area contributed by atoms with Crippen molar-refractivity contribution in [3.05, 3.63) is 142 Å². The molecule has 2 aromatic heterocycles. The average Bonchev–Trinajstić information content (AvgIpc) is 4.00. The largest absolute Gasteiger partial charge is 0.494 e. The third-order valence-electron chi connectivity index (χ3n) is 16.6. The van der Waals surface area contributed by atoms with Gasteiger partial charge in [0, 0.05) is 22.0 Å². The van der Waals surface area contributed by atoms with Crippen LogP contribution in [0, 0.1) is 0 Å². The Kier molecular flexibility index (Phi) is 22.2. The minimum atomic E-state index is -0.717. The van der Waals surface area contributed by atoms with Crippen molar-refractivity contribution in [2.24, 2.45) is 0 Å². The van der Waals surface area contributed by atoms with Gasteiger partial charge >= 0.3 is 0 Å². The summed E-state index contributed by atoms with van der Waals surface area (Å²) in [7, 11) is 0. The summed E-state index contributed by atoms with van der Waals surface area (Å²) in [5, 5.41) is 0. The number of ether oxygens (including phenoxy) is 2. The van der Waals surface area contributed by atoms with E-state index in [4.69, 9.17) is 29.4 Å². The van der Waals surface area contributed by atoms with Gasteiger partial charge in [-0.25, -0.2) is 19.9 Å². The molecule has 1 aliphatic rings. The fraction of sp³-hybridized carbons (Fsp3) is 0.556. The predicted octanol–water partition coefficient (Wildman–Crippen LogP) is 20.0. The average molecular weight is 1050 g/mol. The van der Waals surface area contributed by atoms with Crippen LogP contribution in [0.25, 0.3) is 33.4 Å². The molecular formula is C72H100N4O2. The Balaban J connectivity index is 1.57. The molecule has 0 amide bonds. The minimum absolute atomic E-state index is 0.135. The number of nitrogens with zero attached hydrogens (tertiary/aromatic N) is 4. The van der Waals surface area contributed by atoms with Gasteiger partial charge in [0.1, 0.15) is 23.1 Å². The van der Waals surface area contributed by atoms with Gasteiger partial charge in [-0.05, 0) is 152 Å². The number of benzene rings is 4. The molecule has 0 aliphatic heterocycles. The lowest BCUT2D eigenvalue weighted by Crippen LogP contribution is -2.29. The summed E-state index contributed by atoms with van der Waals surface area (Å²) in [4.78, 5) is 22.4. The monoisotopic (exact) mass is 1050 g/mol. The van der Waals surface area contributed by atoms with Gasteiger partial charge in [0.15, 0.2) is 0 Å². The molecule has 2 heterocycles. The zero-order valence-corrected chi connectivity index (χ0v) is 50.9. The van der Waals surface area contributed by atoms with E-state index in [-0.39, 0.29) is 10.8 Å². The molecule has 1 aliphatic carbocycles. The van der Waals surface area contributed by atoms with Gasteiger partial charge in [0.25, 0.3) is 0 Å². The van der Waals surface area contributed by atoms with Crippen LogP contribution in [0.4, 0.5) is 0 Å². The summed E-state index contributed by atoms with van der Waals surface area (Å²) in [6.45, 7) is 28.7. The smallest absolute Gasteiger partial charge is 0.134 e. The minimum Gasteiger partial charge on any atom is -0.494 e. The maximum atomic E-state index is 6.33. The molecule has 6 aromatic rings. The van der Waals surface area contributed by atoms with Gasteiger partial charge in [-0.1, -0.05) is 209 Å². The fourth-order valence-corrected chi connectivity index (χ4v) is 11.6. The second-order valence-electron chi connectivity index (χ2n) is 24.4. The molecule has 0 radical (unpaired) electrons. The van der Waals surface area contributed by atoms with Gasteiger partial charge in [-0.15, -0.1) is 0 Å². The van der Waals surface area contributed by atoms with E-state index in [0.29, 0.717) is 13.2 Å². The van der Waals surface area contributed by atoms with Crippen LogP contribution in [0.15, 0.2) is 84.9 Å². The van der Waals surface area contributed by atoms with Crippen LogP contribution in [0.1, 0.15) is 262 Å². The van der Waals surface area contributed by atoms with Crippen molar-refractivity contribution in [2.45, 2.75) is 247 Å². The van der Waals surface area contributed by atoms with Crippen molar-refractivity contribution in [1.29, 1.82) is 0 Å². The molecule has 6 heteroatoms. The molecule has 0 saturated carbocycles. The van der Waals surface area contributed by atoms with Crippen LogP contribution < -0.4 is 9.47 Å². The fourth-order valence-electron chi connectivity index (χ4n) is 11.6. The third kappa shape index (κ3) is 14.1. The molecule has 0 bridgehead atoms.